The number of piperidine rings is 1. The highest BCUT2D eigenvalue weighted by atomic mass is 16.5. The van der Waals surface area contributed by atoms with Gasteiger partial charge < -0.3 is 29.2 Å². The van der Waals surface area contributed by atoms with Gasteiger partial charge >= 0.3 is 6.09 Å². The van der Waals surface area contributed by atoms with E-state index in [0.29, 0.717) is 48.2 Å². The second-order valence-corrected chi connectivity index (χ2v) is 11.1. The number of ether oxygens (including phenoxy) is 2. The molecule has 2 amide bonds. The highest BCUT2D eigenvalue weighted by Gasteiger charge is 2.28. The van der Waals surface area contributed by atoms with Gasteiger partial charge in [0.05, 0.1) is 25.4 Å². The lowest BCUT2D eigenvalue weighted by molar-refractivity contribution is 0.0708. The normalized spacial score (nSPS) is 17.3. The molecule has 0 radical (unpaired) electrons. The third kappa shape index (κ3) is 4.88. The number of nitrogens with two attached hydrogens (primary N) is 1. The standard InChI is InChI=1S/C30H37N7O4/c1-5-36(30(39)41-4)25-11-10-19-14-23(37(27(19)33-25)16-18-8-9-18)28-32-22-13-20(15-24(40-3)26(22)34(28)2)29(38)35-12-6-7-21(31)17-35/h10-11,13-15,18,21H,5-9,12,16-17,31H2,1-4H3/t21-/m1/s1. The van der Waals surface area contributed by atoms with Gasteiger partial charge in [0.15, 0.2) is 5.82 Å². The maximum absolute atomic E-state index is 13.4. The number of aromatic nitrogens is 4. The third-order valence-electron chi connectivity index (χ3n) is 8.23. The lowest BCUT2D eigenvalue weighted by atomic mass is 10.0. The molecule has 2 aliphatic rings. The first-order valence-electron chi connectivity index (χ1n) is 14.3. The van der Waals surface area contributed by atoms with Crippen molar-refractivity contribution in [2.24, 2.45) is 18.7 Å². The Morgan fingerprint density at radius 3 is 2.61 bits per heavy atom. The molecule has 1 aliphatic heterocycles. The summed E-state index contributed by atoms with van der Waals surface area (Å²) in [5.74, 6) is 2.40. The Hall–Kier alpha value is -4.12. The minimum absolute atomic E-state index is 0.000633. The van der Waals surface area contributed by atoms with Gasteiger partial charge in [-0.25, -0.2) is 14.8 Å². The van der Waals surface area contributed by atoms with Crippen molar-refractivity contribution in [1.29, 1.82) is 0 Å². The van der Waals surface area contributed by atoms with E-state index in [-0.39, 0.29) is 11.9 Å². The molecule has 216 valence electrons. The quantitative estimate of drug-likeness (QED) is 0.361. The van der Waals surface area contributed by atoms with E-state index in [2.05, 4.69) is 10.6 Å². The first-order chi connectivity index (χ1) is 19.8. The van der Waals surface area contributed by atoms with Gasteiger partial charge in [-0.3, -0.25) is 9.69 Å². The zero-order chi connectivity index (χ0) is 28.8. The Balaban J connectivity index is 1.47. The SMILES string of the molecule is CCN(C(=O)OC)c1ccc2cc(-c3nc4cc(C(=O)N5CCC[C@@H](N)C5)cc(OC)c4n3C)n(CC3CC3)c2n1. The molecule has 3 aromatic heterocycles. The van der Waals surface area contributed by atoms with Gasteiger partial charge in [-0.05, 0) is 68.9 Å². The number of pyridine rings is 1. The number of hydrogen-bond donors (Lipinski definition) is 1. The number of anilines is 1. The maximum atomic E-state index is 13.4. The maximum Gasteiger partial charge on any atom is 0.415 e. The van der Waals surface area contributed by atoms with Crippen LogP contribution in [-0.2, 0) is 18.3 Å². The summed E-state index contributed by atoms with van der Waals surface area (Å²) in [4.78, 5) is 39.1. The van der Waals surface area contributed by atoms with Crippen molar-refractivity contribution in [2.45, 2.75) is 45.2 Å². The fourth-order valence-corrected chi connectivity index (χ4v) is 5.89. The van der Waals surface area contributed by atoms with Crippen molar-refractivity contribution in [1.82, 2.24) is 24.0 Å². The van der Waals surface area contributed by atoms with Crippen LogP contribution in [0.15, 0.2) is 30.3 Å². The number of amides is 2. The highest BCUT2D eigenvalue weighted by Crippen LogP contribution is 2.38. The number of fused-ring (bicyclic) bond motifs is 2. The van der Waals surface area contributed by atoms with Crippen LogP contribution in [0.3, 0.4) is 0 Å². The van der Waals surface area contributed by atoms with E-state index in [1.165, 1.54) is 24.9 Å². The van der Waals surface area contributed by atoms with Gasteiger partial charge in [0.2, 0.25) is 0 Å². The molecule has 0 bridgehead atoms. The largest absolute Gasteiger partial charge is 0.494 e. The van der Waals surface area contributed by atoms with Gasteiger partial charge in [-0.2, -0.15) is 0 Å². The highest BCUT2D eigenvalue weighted by molar-refractivity contribution is 6.00. The minimum Gasteiger partial charge on any atom is -0.494 e. The monoisotopic (exact) mass is 559 g/mol. The number of imidazole rings is 1. The topological polar surface area (TPSA) is 121 Å². The molecule has 1 saturated heterocycles. The molecule has 4 heterocycles. The number of carbonyl (C=O) groups is 2. The van der Waals surface area contributed by atoms with E-state index in [0.717, 1.165) is 47.5 Å². The number of benzene rings is 1. The van der Waals surface area contributed by atoms with E-state index in [9.17, 15) is 9.59 Å². The predicted molar refractivity (Wildman–Crippen MR) is 157 cm³/mol. The van der Waals surface area contributed by atoms with E-state index < -0.39 is 6.09 Å². The number of aryl methyl sites for hydroxylation is 1. The van der Waals surface area contributed by atoms with Gasteiger partial charge in [0.25, 0.3) is 5.91 Å². The van der Waals surface area contributed by atoms with Crippen molar-refractivity contribution in [3.8, 4) is 17.3 Å². The summed E-state index contributed by atoms with van der Waals surface area (Å²) >= 11 is 0. The molecule has 4 aromatic rings. The number of methoxy groups -OCH3 is 2. The van der Waals surface area contributed by atoms with Crippen LogP contribution in [-0.4, -0.2) is 75.9 Å². The molecule has 41 heavy (non-hydrogen) atoms. The van der Waals surface area contributed by atoms with E-state index in [1.807, 2.05) is 41.6 Å². The van der Waals surface area contributed by atoms with Gasteiger partial charge in [0, 0.05) is 50.2 Å². The summed E-state index contributed by atoms with van der Waals surface area (Å²) in [7, 11) is 4.95. The molecule has 11 heteroatoms. The summed E-state index contributed by atoms with van der Waals surface area (Å²) < 4.78 is 15.0. The molecule has 0 unspecified atom stereocenters. The Kier molecular flexibility index (Phi) is 7.06. The van der Waals surface area contributed by atoms with E-state index in [4.69, 9.17) is 25.2 Å². The number of carbonyl (C=O) groups excluding carboxylic acids is 2. The summed E-state index contributed by atoms with van der Waals surface area (Å²) in [6, 6.07) is 9.58. The predicted octanol–water partition coefficient (Wildman–Crippen LogP) is 4.16. The first kappa shape index (κ1) is 27.1. The molecule has 1 saturated carbocycles. The van der Waals surface area contributed by atoms with Crippen LogP contribution in [0.5, 0.6) is 5.75 Å². The Bertz CT molecular complexity index is 1640. The van der Waals surface area contributed by atoms with Crippen LogP contribution in [0.1, 0.15) is 43.0 Å². The number of rotatable bonds is 7. The molecular formula is C30H37N7O4. The molecule has 2 fully saturated rings. The summed E-state index contributed by atoms with van der Waals surface area (Å²) in [6.07, 6.45) is 3.73. The summed E-state index contributed by atoms with van der Waals surface area (Å²) in [5.41, 5.74) is 9.91. The number of likely N-dealkylation sites (tertiary alicyclic amines) is 1. The van der Waals surface area contributed by atoms with Crippen LogP contribution in [0.4, 0.5) is 10.6 Å². The zero-order valence-corrected chi connectivity index (χ0v) is 24.1. The van der Waals surface area contributed by atoms with Gasteiger partial charge in [-0.15, -0.1) is 0 Å². The minimum atomic E-state index is -0.445. The van der Waals surface area contributed by atoms with Crippen molar-refractivity contribution in [3.63, 3.8) is 0 Å². The average molecular weight is 560 g/mol. The van der Waals surface area contributed by atoms with Crippen LogP contribution >= 0.6 is 0 Å². The molecule has 1 atom stereocenters. The molecule has 6 rings (SSSR count). The molecular weight excluding hydrogens is 522 g/mol. The summed E-state index contributed by atoms with van der Waals surface area (Å²) in [5, 5.41) is 0.960. The molecule has 11 nitrogen and oxygen atoms in total. The Morgan fingerprint density at radius 1 is 1.12 bits per heavy atom. The Labute approximate surface area is 238 Å². The van der Waals surface area contributed by atoms with Crippen molar-refractivity contribution >= 4 is 39.9 Å². The number of hydrogen-bond acceptors (Lipinski definition) is 7. The molecule has 1 aliphatic carbocycles. The van der Waals surface area contributed by atoms with E-state index >= 15 is 0 Å². The van der Waals surface area contributed by atoms with Gasteiger partial charge in [-0.1, -0.05) is 0 Å². The lowest BCUT2D eigenvalue weighted by Gasteiger charge is -2.30. The van der Waals surface area contributed by atoms with Crippen LogP contribution < -0.4 is 15.4 Å². The van der Waals surface area contributed by atoms with Crippen LogP contribution in [0, 0.1) is 5.92 Å². The second-order valence-electron chi connectivity index (χ2n) is 11.1. The average Bonchev–Trinajstić information content (AvgIpc) is 3.66. The fourth-order valence-electron chi connectivity index (χ4n) is 5.89. The third-order valence-corrected chi connectivity index (χ3v) is 8.23. The van der Waals surface area contributed by atoms with Crippen LogP contribution in [0.2, 0.25) is 0 Å². The fraction of sp³-hybridized carbons (Fsp3) is 0.467. The number of nitrogens with zero attached hydrogens (tertiary/aromatic N) is 6. The van der Waals surface area contributed by atoms with Crippen molar-refractivity contribution in [3.05, 3.63) is 35.9 Å². The van der Waals surface area contributed by atoms with Crippen LogP contribution in [0.25, 0.3) is 33.6 Å². The zero-order valence-electron chi connectivity index (χ0n) is 24.1. The molecule has 0 spiro atoms. The molecule has 1 aromatic carbocycles. The van der Waals surface area contributed by atoms with Crippen molar-refractivity contribution in [2.75, 3.05) is 38.8 Å². The molecule has 2 N–H and O–H groups in total. The van der Waals surface area contributed by atoms with E-state index in [1.54, 1.807) is 13.2 Å². The van der Waals surface area contributed by atoms with Gasteiger partial charge in [0.1, 0.15) is 22.7 Å². The smallest absolute Gasteiger partial charge is 0.415 e. The second kappa shape index (κ2) is 10.7. The van der Waals surface area contributed by atoms with Crippen molar-refractivity contribution < 1.29 is 19.1 Å². The lowest BCUT2D eigenvalue weighted by Crippen LogP contribution is -2.45. The Morgan fingerprint density at radius 2 is 1.93 bits per heavy atom. The first-order valence-corrected chi connectivity index (χ1v) is 14.3. The summed E-state index contributed by atoms with van der Waals surface area (Å²) in [6.45, 7) is 4.38.